The quantitative estimate of drug-likeness (QED) is 0.749. The molecule has 1 heterocycles. The molecule has 4 heteroatoms. The minimum absolute atomic E-state index is 0.0243. The van der Waals surface area contributed by atoms with E-state index in [2.05, 4.69) is 4.98 Å². The SMILES string of the molecule is COc1[nH]c2ccccc2c(=O)c1C=O. The van der Waals surface area contributed by atoms with Gasteiger partial charge in [0.25, 0.3) is 0 Å². The van der Waals surface area contributed by atoms with Crippen molar-refractivity contribution in [3.8, 4) is 5.88 Å². The van der Waals surface area contributed by atoms with Crippen LogP contribution in [0, 0.1) is 0 Å². The van der Waals surface area contributed by atoms with Crippen LogP contribution in [0.4, 0.5) is 0 Å². The third-order valence-corrected chi connectivity index (χ3v) is 2.23. The largest absolute Gasteiger partial charge is 0.482 e. The summed E-state index contributed by atoms with van der Waals surface area (Å²) < 4.78 is 4.94. The average Bonchev–Trinajstić information content (AvgIpc) is 2.29. The summed E-state index contributed by atoms with van der Waals surface area (Å²) in [4.78, 5) is 25.4. The zero-order valence-electron chi connectivity index (χ0n) is 8.11. The molecule has 0 bridgehead atoms. The summed E-state index contributed by atoms with van der Waals surface area (Å²) in [6.07, 6.45) is 0.504. The Labute approximate surface area is 85.5 Å². The lowest BCUT2D eigenvalue weighted by atomic mass is 10.1. The molecule has 1 N–H and O–H groups in total. The number of carbonyl (C=O) groups excluding carboxylic acids is 1. The lowest BCUT2D eigenvalue weighted by Gasteiger charge is -2.05. The van der Waals surface area contributed by atoms with Gasteiger partial charge >= 0.3 is 0 Å². The maximum Gasteiger partial charge on any atom is 0.205 e. The van der Waals surface area contributed by atoms with Gasteiger partial charge in [-0.2, -0.15) is 0 Å². The summed E-state index contributed by atoms with van der Waals surface area (Å²) in [7, 11) is 1.41. The molecule has 0 radical (unpaired) electrons. The molecule has 2 aromatic rings. The monoisotopic (exact) mass is 203 g/mol. The highest BCUT2D eigenvalue weighted by molar-refractivity contribution is 5.88. The maximum absolute atomic E-state index is 11.8. The van der Waals surface area contributed by atoms with Crippen molar-refractivity contribution in [2.75, 3.05) is 7.11 Å². The molecule has 0 fully saturated rings. The standard InChI is InChI=1S/C11H9NO3/c1-15-11-8(6-13)10(14)7-4-2-3-5-9(7)12-11/h2-6H,1H3,(H,12,14). The highest BCUT2D eigenvalue weighted by Gasteiger charge is 2.10. The number of para-hydroxylation sites is 1. The molecule has 0 amide bonds. The number of aromatic nitrogens is 1. The Balaban J connectivity index is 2.94. The van der Waals surface area contributed by atoms with E-state index in [0.717, 1.165) is 0 Å². The van der Waals surface area contributed by atoms with E-state index >= 15 is 0 Å². The van der Waals surface area contributed by atoms with Crippen molar-refractivity contribution in [3.05, 3.63) is 40.1 Å². The van der Waals surface area contributed by atoms with Crippen LogP contribution < -0.4 is 10.2 Å². The number of hydrogen-bond acceptors (Lipinski definition) is 3. The Bertz CT molecular complexity index is 572. The van der Waals surface area contributed by atoms with Gasteiger partial charge in [-0.15, -0.1) is 0 Å². The highest BCUT2D eigenvalue weighted by Crippen LogP contribution is 2.15. The van der Waals surface area contributed by atoms with Crippen molar-refractivity contribution >= 4 is 17.2 Å². The number of benzene rings is 1. The fourth-order valence-electron chi connectivity index (χ4n) is 1.50. The number of nitrogens with one attached hydrogen (secondary N) is 1. The second-order valence-corrected chi connectivity index (χ2v) is 3.06. The van der Waals surface area contributed by atoms with E-state index in [1.54, 1.807) is 24.3 Å². The van der Waals surface area contributed by atoms with Gasteiger partial charge in [-0.3, -0.25) is 9.59 Å². The second kappa shape index (κ2) is 3.57. The number of aldehydes is 1. The first kappa shape index (κ1) is 9.45. The fraction of sp³-hybridized carbons (Fsp3) is 0.0909. The molecule has 0 aliphatic carbocycles. The van der Waals surface area contributed by atoms with Gasteiger partial charge < -0.3 is 9.72 Å². The summed E-state index contributed by atoms with van der Waals surface area (Å²) in [5.74, 6) is 0.203. The number of carbonyl (C=O) groups is 1. The number of H-pyrrole nitrogens is 1. The zero-order valence-corrected chi connectivity index (χ0v) is 8.11. The van der Waals surface area contributed by atoms with Crippen LogP contribution in [0.25, 0.3) is 10.9 Å². The Kier molecular flexibility index (Phi) is 2.25. The van der Waals surface area contributed by atoms with E-state index in [0.29, 0.717) is 17.2 Å². The van der Waals surface area contributed by atoms with Crippen LogP contribution in [0.2, 0.25) is 0 Å². The van der Waals surface area contributed by atoms with Gasteiger partial charge in [-0.25, -0.2) is 0 Å². The molecular formula is C11H9NO3. The average molecular weight is 203 g/mol. The minimum atomic E-state index is -0.309. The van der Waals surface area contributed by atoms with Gasteiger partial charge in [0.05, 0.1) is 12.6 Å². The first-order chi connectivity index (χ1) is 7.27. The Morgan fingerprint density at radius 3 is 2.73 bits per heavy atom. The normalized spacial score (nSPS) is 10.2. The predicted molar refractivity (Wildman–Crippen MR) is 56.5 cm³/mol. The van der Waals surface area contributed by atoms with Gasteiger partial charge in [-0.05, 0) is 12.1 Å². The number of methoxy groups -OCH3 is 1. The molecule has 15 heavy (non-hydrogen) atoms. The van der Waals surface area contributed by atoms with Crippen LogP contribution in [-0.2, 0) is 0 Å². The van der Waals surface area contributed by atoms with Gasteiger partial charge in [0.15, 0.2) is 6.29 Å². The van der Waals surface area contributed by atoms with Crippen LogP contribution in [-0.4, -0.2) is 18.4 Å². The summed E-state index contributed by atoms with van der Waals surface area (Å²) in [5.41, 5.74) is 0.373. The molecule has 0 spiro atoms. The topological polar surface area (TPSA) is 59.2 Å². The maximum atomic E-state index is 11.8. The Morgan fingerprint density at radius 2 is 2.07 bits per heavy atom. The van der Waals surface area contributed by atoms with Crippen molar-refractivity contribution in [1.82, 2.24) is 4.98 Å². The predicted octanol–water partition coefficient (Wildman–Crippen LogP) is 1.35. The van der Waals surface area contributed by atoms with Crippen LogP contribution in [0.5, 0.6) is 5.88 Å². The van der Waals surface area contributed by atoms with E-state index < -0.39 is 0 Å². The molecule has 0 unspecified atom stereocenters. The lowest BCUT2D eigenvalue weighted by Crippen LogP contribution is -2.12. The first-order valence-corrected chi connectivity index (χ1v) is 4.42. The number of rotatable bonds is 2. The molecule has 0 atom stereocenters. The van der Waals surface area contributed by atoms with Crippen molar-refractivity contribution in [2.45, 2.75) is 0 Å². The highest BCUT2D eigenvalue weighted by atomic mass is 16.5. The summed E-state index contributed by atoms with van der Waals surface area (Å²) in [5, 5.41) is 0.486. The van der Waals surface area contributed by atoms with Crippen molar-refractivity contribution in [1.29, 1.82) is 0 Å². The van der Waals surface area contributed by atoms with Gasteiger partial charge in [0, 0.05) is 5.39 Å². The van der Waals surface area contributed by atoms with E-state index in [4.69, 9.17) is 4.74 Å². The third kappa shape index (κ3) is 1.40. The summed E-state index contributed by atoms with van der Waals surface area (Å²) in [6, 6.07) is 6.98. The Hall–Kier alpha value is -2.10. The van der Waals surface area contributed by atoms with Crippen molar-refractivity contribution < 1.29 is 9.53 Å². The zero-order chi connectivity index (χ0) is 10.8. The van der Waals surface area contributed by atoms with Crippen LogP contribution >= 0.6 is 0 Å². The fourth-order valence-corrected chi connectivity index (χ4v) is 1.50. The number of ether oxygens (including phenoxy) is 1. The molecule has 0 saturated carbocycles. The molecule has 4 nitrogen and oxygen atoms in total. The Morgan fingerprint density at radius 1 is 1.33 bits per heavy atom. The minimum Gasteiger partial charge on any atom is -0.482 e. The molecular weight excluding hydrogens is 194 g/mol. The third-order valence-electron chi connectivity index (χ3n) is 2.23. The molecule has 1 aromatic carbocycles. The van der Waals surface area contributed by atoms with E-state index in [-0.39, 0.29) is 16.9 Å². The van der Waals surface area contributed by atoms with Gasteiger partial charge in [0.1, 0.15) is 5.56 Å². The van der Waals surface area contributed by atoms with E-state index in [1.165, 1.54) is 7.11 Å². The van der Waals surface area contributed by atoms with E-state index in [1.807, 2.05) is 0 Å². The number of hydrogen-bond donors (Lipinski definition) is 1. The second-order valence-electron chi connectivity index (χ2n) is 3.06. The van der Waals surface area contributed by atoms with Crippen molar-refractivity contribution in [3.63, 3.8) is 0 Å². The molecule has 0 aliphatic heterocycles. The van der Waals surface area contributed by atoms with Gasteiger partial charge in [0.2, 0.25) is 11.3 Å². The summed E-state index contributed by atoms with van der Waals surface area (Å²) in [6.45, 7) is 0. The van der Waals surface area contributed by atoms with Crippen LogP contribution in [0.3, 0.4) is 0 Å². The number of pyridine rings is 1. The van der Waals surface area contributed by atoms with E-state index in [9.17, 15) is 9.59 Å². The summed E-state index contributed by atoms with van der Waals surface area (Å²) >= 11 is 0. The van der Waals surface area contributed by atoms with Crippen LogP contribution in [0.1, 0.15) is 10.4 Å². The first-order valence-electron chi connectivity index (χ1n) is 4.42. The van der Waals surface area contributed by atoms with Crippen LogP contribution in [0.15, 0.2) is 29.1 Å². The molecule has 0 aliphatic rings. The van der Waals surface area contributed by atoms with Gasteiger partial charge in [-0.1, -0.05) is 12.1 Å². The molecule has 76 valence electrons. The molecule has 1 aromatic heterocycles. The molecule has 2 rings (SSSR count). The molecule has 0 saturated heterocycles. The van der Waals surface area contributed by atoms with Crippen molar-refractivity contribution in [2.24, 2.45) is 0 Å². The lowest BCUT2D eigenvalue weighted by molar-refractivity contribution is 0.111. The smallest absolute Gasteiger partial charge is 0.205 e. The number of fused-ring (bicyclic) bond motifs is 1. The number of aromatic amines is 1.